The molecule has 0 spiro atoms. The van der Waals surface area contributed by atoms with Crippen molar-refractivity contribution in [2.75, 3.05) is 18.1 Å². The van der Waals surface area contributed by atoms with Gasteiger partial charge in [0.15, 0.2) is 0 Å². The summed E-state index contributed by atoms with van der Waals surface area (Å²) in [6.07, 6.45) is 3.99. The summed E-state index contributed by atoms with van der Waals surface area (Å²) in [5.74, 6) is 2.58. The Bertz CT molecular complexity index is 170. The fourth-order valence-electron chi connectivity index (χ4n) is 1.70. The van der Waals surface area contributed by atoms with Crippen LogP contribution in [0, 0.1) is 5.41 Å². The number of hydrogen-bond acceptors (Lipinski definition) is 2. The molecule has 0 aromatic carbocycles. The minimum atomic E-state index is 0.258. The molecule has 0 saturated heterocycles. The highest BCUT2D eigenvalue weighted by molar-refractivity contribution is 7.99. The van der Waals surface area contributed by atoms with E-state index in [1.165, 1.54) is 30.8 Å². The predicted molar refractivity (Wildman–Crippen MR) is 78.4 cm³/mol. The zero-order chi connectivity index (χ0) is 12.7. The van der Waals surface area contributed by atoms with Gasteiger partial charge in [-0.1, -0.05) is 20.8 Å². The van der Waals surface area contributed by atoms with Crippen LogP contribution in [-0.2, 0) is 0 Å². The SMILES string of the molecule is CCSCCCC(C)(C)CCNC(C)(C)C. The van der Waals surface area contributed by atoms with Gasteiger partial charge in [0.1, 0.15) is 0 Å². The molecular weight excluding hydrogens is 214 g/mol. The van der Waals surface area contributed by atoms with E-state index in [9.17, 15) is 0 Å². The first-order valence-electron chi connectivity index (χ1n) is 6.60. The normalized spacial score (nSPS) is 13.1. The third kappa shape index (κ3) is 10.8. The lowest BCUT2D eigenvalue weighted by molar-refractivity contribution is 0.282. The number of rotatable bonds is 8. The Morgan fingerprint density at radius 3 is 2.12 bits per heavy atom. The highest BCUT2D eigenvalue weighted by Crippen LogP contribution is 2.27. The van der Waals surface area contributed by atoms with Crippen LogP contribution in [0.3, 0.4) is 0 Å². The molecule has 0 unspecified atom stereocenters. The second-order valence-corrected chi connectivity index (χ2v) is 7.79. The van der Waals surface area contributed by atoms with Crippen LogP contribution in [0.4, 0.5) is 0 Å². The average molecular weight is 245 g/mol. The molecule has 16 heavy (non-hydrogen) atoms. The second kappa shape index (κ2) is 7.60. The van der Waals surface area contributed by atoms with Crippen molar-refractivity contribution in [3.63, 3.8) is 0 Å². The summed E-state index contributed by atoms with van der Waals surface area (Å²) < 4.78 is 0. The molecule has 98 valence electrons. The summed E-state index contributed by atoms with van der Waals surface area (Å²) in [5, 5.41) is 3.57. The average Bonchev–Trinajstić information content (AvgIpc) is 2.10. The first-order valence-corrected chi connectivity index (χ1v) is 7.75. The van der Waals surface area contributed by atoms with E-state index in [2.05, 4.69) is 58.6 Å². The lowest BCUT2D eigenvalue weighted by atomic mass is 9.84. The van der Waals surface area contributed by atoms with Crippen molar-refractivity contribution in [1.82, 2.24) is 5.32 Å². The van der Waals surface area contributed by atoms with E-state index in [1.807, 2.05) is 0 Å². The van der Waals surface area contributed by atoms with Gasteiger partial charge in [0.2, 0.25) is 0 Å². The van der Waals surface area contributed by atoms with Gasteiger partial charge in [0.05, 0.1) is 0 Å². The van der Waals surface area contributed by atoms with E-state index in [4.69, 9.17) is 0 Å². The molecule has 0 fully saturated rings. The topological polar surface area (TPSA) is 12.0 Å². The lowest BCUT2D eigenvalue weighted by Crippen LogP contribution is -2.37. The Balaban J connectivity index is 3.62. The number of hydrogen-bond donors (Lipinski definition) is 1. The molecule has 0 aromatic rings. The molecule has 2 heteroatoms. The van der Waals surface area contributed by atoms with Gasteiger partial charge in [0, 0.05) is 5.54 Å². The smallest absolute Gasteiger partial charge is 0.00965 e. The lowest BCUT2D eigenvalue weighted by Gasteiger charge is -2.28. The van der Waals surface area contributed by atoms with Gasteiger partial charge in [0.25, 0.3) is 0 Å². The first-order chi connectivity index (χ1) is 7.27. The molecule has 0 aliphatic rings. The van der Waals surface area contributed by atoms with E-state index < -0.39 is 0 Å². The van der Waals surface area contributed by atoms with Gasteiger partial charge < -0.3 is 5.32 Å². The van der Waals surface area contributed by atoms with E-state index in [-0.39, 0.29) is 5.54 Å². The maximum Gasteiger partial charge on any atom is 0.00965 e. The third-order valence-electron chi connectivity index (χ3n) is 2.80. The molecule has 1 nitrogen and oxygen atoms in total. The van der Waals surface area contributed by atoms with Crippen LogP contribution in [0.25, 0.3) is 0 Å². The Hall–Kier alpha value is 0.310. The van der Waals surface area contributed by atoms with Crippen molar-refractivity contribution in [2.45, 2.75) is 66.3 Å². The van der Waals surface area contributed by atoms with Crippen LogP contribution >= 0.6 is 11.8 Å². The number of nitrogens with one attached hydrogen (secondary N) is 1. The molecule has 0 aliphatic heterocycles. The molecule has 0 radical (unpaired) electrons. The standard InChI is InChI=1S/C14H31NS/c1-7-16-12-8-9-14(5,6)10-11-15-13(2,3)4/h15H,7-12H2,1-6H3. The van der Waals surface area contributed by atoms with Crippen LogP contribution in [-0.4, -0.2) is 23.6 Å². The van der Waals surface area contributed by atoms with Gasteiger partial charge in [-0.05, 0) is 63.5 Å². The Morgan fingerprint density at radius 2 is 1.62 bits per heavy atom. The minimum absolute atomic E-state index is 0.258. The molecule has 0 heterocycles. The summed E-state index contributed by atoms with van der Waals surface area (Å²) in [5.41, 5.74) is 0.751. The predicted octanol–water partition coefficient (Wildman–Crippen LogP) is 4.32. The molecule has 0 rings (SSSR count). The largest absolute Gasteiger partial charge is 0.312 e. The summed E-state index contributed by atoms with van der Waals surface area (Å²) in [4.78, 5) is 0. The Kier molecular flexibility index (Phi) is 7.75. The van der Waals surface area contributed by atoms with Gasteiger partial charge in [-0.3, -0.25) is 0 Å². The van der Waals surface area contributed by atoms with Crippen molar-refractivity contribution in [3.05, 3.63) is 0 Å². The van der Waals surface area contributed by atoms with Crippen LogP contribution in [0.2, 0.25) is 0 Å². The van der Waals surface area contributed by atoms with Gasteiger partial charge >= 0.3 is 0 Å². The van der Waals surface area contributed by atoms with Crippen molar-refractivity contribution >= 4 is 11.8 Å². The van der Waals surface area contributed by atoms with Crippen LogP contribution < -0.4 is 5.32 Å². The van der Waals surface area contributed by atoms with Gasteiger partial charge in [-0.2, -0.15) is 11.8 Å². The molecule has 0 atom stereocenters. The molecule has 0 amide bonds. The van der Waals surface area contributed by atoms with Crippen molar-refractivity contribution < 1.29 is 0 Å². The monoisotopic (exact) mass is 245 g/mol. The zero-order valence-corrected chi connectivity index (χ0v) is 13.0. The maximum absolute atomic E-state index is 3.57. The molecule has 0 aromatic heterocycles. The van der Waals surface area contributed by atoms with Crippen molar-refractivity contribution in [1.29, 1.82) is 0 Å². The van der Waals surface area contributed by atoms with Crippen LogP contribution in [0.15, 0.2) is 0 Å². The second-order valence-electron chi connectivity index (χ2n) is 6.39. The summed E-state index contributed by atoms with van der Waals surface area (Å²) in [6.45, 7) is 14.9. The van der Waals surface area contributed by atoms with Gasteiger partial charge in [-0.25, -0.2) is 0 Å². The van der Waals surface area contributed by atoms with Crippen LogP contribution in [0.1, 0.15) is 60.8 Å². The summed E-state index contributed by atoms with van der Waals surface area (Å²) in [6, 6.07) is 0. The minimum Gasteiger partial charge on any atom is -0.312 e. The van der Waals surface area contributed by atoms with Gasteiger partial charge in [-0.15, -0.1) is 0 Å². The summed E-state index contributed by atoms with van der Waals surface area (Å²) in [7, 11) is 0. The highest BCUT2D eigenvalue weighted by Gasteiger charge is 2.18. The quantitative estimate of drug-likeness (QED) is 0.639. The fourth-order valence-corrected chi connectivity index (χ4v) is 2.34. The Labute approximate surface area is 107 Å². The van der Waals surface area contributed by atoms with E-state index in [0.717, 1.165) is 6.54 Å². The van der Waals surface area contributed by atoms with E-state index in [0.29, 0.717) is 5.41 Å². The maximum atomic E-state index is 3.57. The fraction of sp³-hybridized carbons (Fsp3) is 1.00. The third-order valence-corrected chi connectivity index (χ3v) is 3.79. The van der Waals surface area contributed by atoms with E-state index in [1.54, 1.807) is 0 Å². The molecular formula is C14H31NS. The van der Waals surface area contributed by atoms with Crippen molar-refractivity contribution in [2.24, 2.45) is 5.41 Å². The Morgan fingerprint density at radius 1 is 1.00 bits per heavy atom. The number of thioether (sulfide) groups is 1. The first kappa shape index (κ1) is 16.3. The van der Waals surface area contributed by atoms with Crippen molar-refractivity contribution in [3.8, 4) is 0 Å². The highest BCUT2D eigenvalue weighted by atomic mass is 32.2. The molecule has 1 N–H and O–H groups in total. The molecule has 0 aliphatic carbocycles. The molecule has 0 saturated carbocycles. The molecule has 0 bridgehead atoms. The summed E-state index contributed by atoms with van der Waals surface area (Å²) >= 11 is 2.06. The van der Waals surface area contributed by atoms with Crippen LogP contribution in [0.5, 0.6) is 0 Å². The van der Waals surface area contributed by atoms with E-state index >= 15 is 0 Å². The zero-order valence-electron chi connectivity index (χ0n) is 12.2.